The second kappa shape index (κ2) is 4.44. The van der Waals surface area contributed by atoms with Gasteiger partial charge in [-0.2, -0.15) is 0 Å². The number of morpholine rings is 1. The lowest BCUT2D eigenvalue weighted by Gasteiger charge is -2.32. The largest absolute Gasteiger partial charge is 0.478 e. The number of carboxylic acid groups (broad SMARTS) is 1. The molecule has 1 fully saturated rings. The molecule has 1 amide bonds. The monoisotopic (exact) mass is 224 g/mol. The van der Waals surface area contributed by atoms with Gasteiger partial charge in [0.05, 0.1) is 25.2 Å². The van der Waals surface area contributed by atoms with Crippen LogP contribution in [-0.4, -0.2) is 54.4 Å². The van der Waals surface area contributed by atoms with Gasteiger partial charge in [-0.05, 0) is 0 Å². The number of aliphatic imine (C=N–C) groups is 1. The Morgan fingerprint density at radius 1 is 1.44 bits per heavy atom. The van der Waals surface area contributed by atoms with Crippen molar-refractivity contribution in [3.8, 4) is 0 Å². The molecule has 0 saturated carbocycles. The molecule has 0 aromatic heterocycles. The normalized spacial score (nSPS) is 21.5. The van der Waals surface area contributed by atoms with E-state index in [1.807, 2.05) is 4.90 Å². The molecule has 2 heterocycles. The van der Waals surface area contributed by atoms with Crippen molar-refractivity contribution in [3.05, 3.63) is 11.3 Å². The molecule has 1 N–H and O–H groups in total. The van der Waals surface area contributed by atoms with E-state index >= 15 is 0 Å². The molecule has 2 rings (SSSR count). The van der Waals surface area contributed by atoms with Gasteiger partial charge in [-0.25, -0.2) is 9.79 Å². The minimum Gasteiger partial charge on any atom is -0.478 e. The summed E-state index contributed by atoms with van der Waals surface area (Å²) in [5, 5.41) is 9.01. The summed E-state index contributed by atoms with van der Waals surface area (Å²) in [5.74, 6) is -1.34. The fourth-order valence-electron chi connectivity index (χ4n) is 1.79. The summed E-state index contributed by atoms with van der Waals surface area (Å²) in [7, 11) is 0. The van der Waals surface area contributed by atoms with Crippen LogP contribution >= 0.6 is 0 Å². The minimum atomic E-state index is -1.04. The molecule has 0 bridgehead atoms. The number of carboxylic acids is 1. The Kier molecular flexibility index (Phi) is 3.00. The highest BCUT2D eigenvalue weighted by atomic mass is 16.5. The number of carbonyl (C=O) groups is 2. The van der Waals surface area contributed by atoms with Gasteiger partial charge in [0.25, 0.3) is 5.91 Å². The number of rotatable bonds is 2. The van der Waals surface area contributed by atoms with Gasteiger partial charge in [-0.1, -0.05) is 0 Å². The molecule has 2 aliphatic rings. The zero-order valence-electron chi connectivity index (χ0n) is 8.68. The zero-order chi connectivity index (χ0) is 11.5. The van der Waals surface area contributed by atoms with E-state index in [2.05, 4.69) is 4.99 Å². The number of dihydropyridines is 1. The molecule has 0 aliphatic carbocycles. The fourth-order valence-corrected chi connectivity index (χ4v) is 1.79. The van der Waals surface area contributed by atoms with E-state index in [0.717, 1.165) is 6.21 Å². The van der Waals surface area contributed by atoms with E-state index in [0.29, 0.717) is 32.0 Å². The SMILES string of the molecule is O=C1CC(N2CCOCC2)=C(C(=O)O)C=N1. The molecule has 0 aromatic carbocycles. The third kappa shape index (κ3) is 2.11. The second-order valence-corrected chi connectivity index (χ2v) is 3.59. The van der Waals surface area contributed by atoms with Gasteiger partial charge in [0.15, 0.2) is 0 Å². The van der Waals surface area contributed by atoms with Crippen molar-refractivity contribution in [2.24, 2.45) is 4.99 Å². The van der Waals surface area contributed by atoms with Gasteiger partial charge >= 0.3 is 5.97 Å². The summed E-state index contributed by atoms with van der Waals surface area (Å²) in [5.41, 5.74) is 0.664. The lowest BCUT2D eigenvalue weighted by molar-refractivity contribution is -0.132. The van der Waals surface area contributed by atoms with E-state index in [-0.39, 0.29) is 17.9 Å². The van der Waals surface area contributed by atoms with Crippen LogP contribution in [0.2, 0.25) is 0 Å². The van der Waals surface area contributed by atoms with Crippen LogP contribution in [0.5, 0.6) is 0 Å². The molecule has 86 valence electrons. The summed E-state index contributed by atoms with van der Waals surface area (Å²) < 4.78 is 5.18. The van der Waals surface area contributed by atoms with Crippen molar-refractivity contribution in [2.45, 2.75) is 6.42 Å². The molecule has 6 heteroatoms. The Balaban J connectivity index is 2.28. The Labute approximate surface area is 92.2 Å². The summed E-state index contributed by atoms with van der Waals surface area (Å²) in [6.07, 6.45) is 1.21. The molecule has 6 nitrogen and oxygen atoms in total. The first kappa shape index (κ1) is 10.8. The molecule has 0 unspecified atom stereocenters. The van der Waals surface area contributed by atoms with Crippen LogP contribution in [0.1, 0.15) is 6.42 Å². The second-order valence-electron chi connectivity index (χ2n) is 3.59. The van der Waals surface area contributed by atoms with Crippen molar-refractivity contribution in [1.29, 1.82) is 0 Å². The molecule has 1 saturated heterocycles. The van der Waals surface area contributed by atoms with Crippen LogP contribution in [0.25, 0.3) is 0 Å². The molecule has 0 spiro atoms. The summed E-state index contributed by atoms with van der Waals surface area (Å²) in [4.78, 5) is 27.6. The standard InChI is InChI=1S/C10H12N2O4/c13-9-5-8(7(6-11-9)10(14)15)12-1-3-16-4-2-12/h6H,1-5H2,(H,14,15). The number of carbonyl (C=O) groups excluding carboxylic acids is 1. The first-order valence-electron chi connectivity index (χ1n) is 5.04. The van der Waals surface area contributed by atoms with Gasteiger partial charge in [0.1, 0.15) is 0 Å². The van der Waals surface area contributed by atoms with E-state index in [4.69, 9.17) is 9.84 Å². The quantitative estimate of drug-likeness (QED) is 0.694. The fraction of sp³-hybridized carbons (Fsp3) is 0.500. The van der Waals surface area contributed by atoms with Crippen molar-refractivity contribution in [1.82, 2.24) is 4.90 Å². The summed E-state index contributed by atoms with van der Waals surface area (Å²) in [6, 6.07) is 0. The maximum atomic E-state index is 11.2. The summed E-state index contributed by atoms with van der Waals surface area (Å²) in [6.45, 7) is 2.35. The number of nitrogens with zero attached hydrogens (tertiary/aromatic N) is 2. The van der Waals surface area contributed by atoms with E-state index in [1.165, 1.54) is 0 Å². The Morgan fingerprint density at radius 3 is 2.75 bits per heavy atom. The van der Waals surface area contributed by atoms with Gasteiger partial charge < -0.3 is 14.7 Å². The molecule has 16 heavy (non-hydrogen) atoms. The maximum absolute atomic E-state index is 11.2. The molecule has 2 aliphatic heterocycles. The predicted octanol–water partition coefficient (Wildman–Crippen LogP) is -0.342. The first-order chi connectivity index (χ1) is 7.68. The van der Waals surface area contributed by atoms with Gasteiger partial charge in [-0.15, -0.1) is 0 Å². The topological polar surface area (TPSA) is 79.2 Å². The van der Waals surface area contributed by atoms with Crippen LogP contribution in [0, 0.1) is 0 Å². The number of hydrogen-bond donors (Lipinski definition) is 1. The average Bonchev–Trinajstić information content (AvgIpc) is 2.29. The molecule has 0 aromatic rings. The maximum Gasteiger partial charge on any atom is 0.339 e. The van der Waals surface area contributed by atoms with Crippen LogP contribution in [-0.2, 0) is 14.3 Å². The Bertz CT molecular complexity index is 380. The van der Waals surface area contributed by atoms with Crippen LogP contribution in [0.15, 0.2) is 16.3 Å². The third-order valence-corrected chi connectivity index (χ3v) is 2.59. The van der Waals surface area contributed by atoms with E-state index in [1.54, 1.807) is 0 Å². The number of aliphatic carboxylic acids is 1. The van der Waals surface area contributed by atoms with Gasteiger partial charge in [-0.3, -0.25) is 4.79 Å². The van der Waals surface area contributed by atoms with Crippen LogP contribution in [0.4, 0.5) is 0 Å². The van der Waals surface area contributed by atoms with Crippen molar-refractivity contribution in [2.75, 3.05) is 26.3 Å². The third-order valence-electron chi connectivity index (χ3n) is 2.59. The molecule has 0 atom stereocenters. The zero-order valence-corrected chi connectivity index (χ0v) is 8.68. The number of amides is 1. The van der Waals surface area contributed by atoms with Crippen molar-refractivity contribution >= 4 is 18.1 Å². The predicted molar refractivity (Wildman–Crippen MR) is 55.2 cm³/mol. The smallest absolute Gasteiger partial charge is 0.339 e. The Morgan fingerprint density at radius 2 is 2.12 bits per heavy atom. The van der Waals surface area contributed by atoms with Gasteiger partial charge in [0, 0.05) is 25.0 Å². The van der Waals surface area contributed by atoms with E-state index < -0.39 is 5.97 Å². The highest BCUT2D eigenvalue weighted by Crippen LogP contribution is 2.19. The average molecular weight is 224 g/mol. The Hall–Kier alpha value is -1.69. The number of ether oxygens (including phenoxy) is 1. The minimum absolute atomic E-state index is 0.0676. The van der Waals surface area contributed by atoms with Gasteiger partial charge in [0.2, 0.25) is 0 Å². The molecular formula is C10H12N2O4. The molecule has 0 radical (unpaired) electrons. The molecular weight excluding hydrogens is 212 g/mol. The lowest BCUT2D eigenvalue weighted by atomic mass is 10.1. The number of hydrogen-bond acceptors (Lipinski definition) is 4. The van der Waals surface area contributed by atoms with E-state index in [9.17, 15) is 9.59 Å². The highest BCUT2D eigenvalue weighted by Gasteiger charge is 2.25. The van der Waals surface area contributed by atoms with Crippen molar-refractivity contribution in [3.63, 3.8) is 0 Å². The lowest BCUT2D eigenvalue weighted by Crippen LogP contribution is -2.38. The van der Waals surface area contributed by atoms with Crippen LogP contribution in [0.3, 0.4) is 0 Å². The first-order valence-corrected chi connectivity index (χ1v) is 5.04. The van der Waals surface area contributed by atoms with Crippen LogP contribution < -0.4 is 0 Å². The van der Waals surface area contributed by atoms with Crippen molar-refractivity contribution < 1.29 is 19.4 Å². The summed E-state index contributed by atoms with van der Waals surface area (Å²) >= 11 is 0. The highest BCUT2D eigenvalue weighted by molar-refractivity contribution is 6.14.